The Balaban J connectivity index is 1.90. The van der Waals surface area contributed by atoms with Gasteiger partial charge in [0.25, 0.3) is 0 Å². The van der Waals surface area contributed by atoms with Crippen molar-refractivity contribution in [2.75, 3.05) is 0 Å². The van der Waals surface area contributed by atoms with Gasteiger partial charge >= 0.3 is 0 Å². The van der Waals surface area contributed by atoms with Crippen molar-refractivity contribution in [3.63, 3.8) is 0 Å². The molecule has 3 saturated carbocycles. The van der Waals surface area contributed by atoms with Gasteiger partial charge in [0.1, 0.15) is 0 Å². The van der Waals surface area contributed by atoms with E-state index >= 15 is 0 Å². The van der Waals surface area contributed by atoms with Crippen molar-refractivity contribution in [3.05, 3.63) is 0 Å². The molecule has 3 aliphatic rings. The Hall–Kier alpha value is -0.0400. The fourth-order valence-electron chi connectivity index (χ4n) is 5.59. The molecule has 0 bridgehead atoms. The van der Waals surface area contributed by atoms with Crippen LogP contribution in [-0.2, 0) is 0 Å². The highest BCUT2D eigenvalue weighted by Crippen LogP contribution is 2.79. The maximum Gasteiger partial charge on any atom is 0.0622 e. The fourth-order valence-corrected chi connectivity index (χ4v) is 5.59. The zero-order chi connectivity index (χ0) is 11.7. The van der Waals surface area contributed by atoms with Crippen LogP contribution in [0.3, 0.4) is 0 Å². The fraction of sp³-hybridized carbons (Fsp3) is 1.00. The van der Waals surface area contributed by atoms with Gasteiger partial charge in [-0.25, -0.2) is 0 Å². The maximum absolute atomic E-state index is 10.4. The molecule has 1 heteroatoms. The first-order valence-corrected chi connectivity index (χ1v) is 7.11. The Morgan fingerprint density at radius 2 is 1.75 bits per heavy atom. The number of fused-ring (bicyclic) bond motifs is 1. The minimum atomic E-state index is -0.456. The van der Waals surface area contributed by atoms with Crippen molar-refractivity contribution >= 4 is 0 Å². The predicted octanol–water partition coefficient (Wildman–Crippen LogP) is 3.47. The summed E-state index contributed by atoms with van der Waals surface area (Å²) in [6.45, 7) is 8.96. The van der Waals surface area contributed by atoms with E-state index in [0.29, 0.717) is 11.3 Å². The lowest BCUT2D eigenvalue weighted by Gasteiger charge is -2.39. The van der Waals surface area contributed by atoms with Crippen molar-refractivity contribution in [3.8, 4) is 0 Å². The number of hydrogen-bond acceptors (Lipinski definition) is 1. The molecule has 0 aliphatic heterocycles. The molecule has 0 saturated heterocycles. The van der Waals surface area contributed by atoms with Crippen LogP contribution in [0.2, 0.25) is 0 Å². The summed E-state index contributed by atoms with van der Waals surface area (Å²) in [6, 6.07) is 0. The third kappa shape index (κ3) is 1.16. The molecule has 0 aromatic carbocycles. The summed E-state index contributed by atoms with van der Waals surface area (Å²) < 4.78 is 0. The van der Waals surface area contributed by atoms with Gasteiger partial charge in [0.2, 0.25) is 0 Å². The summed E-state index contributed by atoms with van der Waals surface area (Å²) in [5, 5.41) is 10.4. The van der Waals surface area contributed by atoms with Gasteiger partial charge in [-0.3, -0.25) is 0 Å². The predicted molar refractivity (Wildman–Crippen MR) is 66.0 cm³/mol. The Morgan fingerprint density at radius 3 is 2.38 bits per heavy atom. The van der Waals surface area contributed by atoms with Crippen LogP contribution in [0.4, 0.5) is 0 Å². The van der Waals surface area contributed by atoms with Gasteiger partial charge in [-0.15, -0.1) is 0 Å². The zero-order valence-corrected chi connectivity index (χ0v) is 11.2. The largest absolute Gasteiger partial charge is 0.390 e. The summed E-state index contributed by atoms with van der Waals surface area (Å²) in [4.78, 5) is 0. The van der Waals surface area contributed by atoms with Gasteiger partial charge < -0.3 is 5.11 Å². The number of rotatable bonds is 1. The molecule has 0 aromatic rings. The first kappa shape index (κ1) is 11.1. The second kappa shape index (κ2) is 3.04. The summed E-state index contributed by atoms with van der Waals surface area (Å²) >= 11 is 0. The van der Waals surface area contributed by atoms with E-state index in [1.165, 1.54) is 25.7 Å². The number of hydrogen-bond donors (Lipinski definition) is 1. The minimum Gasteiger partial charge on any atom is -0.390 e. The van der Waals surface area contributed by atoms with Crippen molar-refractivity contribution in [1.29, 1.82) is 0 Å². The standard InChI is InChI=1S/C15H26O/c1-9-7-8-15-10(2)5-6-11(14(3,4)16)13(15)12(9)15/h9-13,16H,5-8H2,1-4H3/t9?,10-,11?,12?,13?,15?/m1/s1. The second-order valence-electron chi connectivity index (χ2n) is 7.42. The highest BCUT2D eigenvalue weighted by molar-refractivity contribution is 5.22. The van der Waals surface area contributed by atoms with Crippen molar-refractivity contribution in [1.82, 2.24) is 0 Å². The van der Waals surface area contributed by atoms with Gasteiger partial charge in [-0.1, -0.05) is 13.8 Å². The molecular formula is C15H26O. The van der Waals surface area contributed by atoms with E-state index in [0.717, 1.165) is 23.7 Å². The van der Waals surface area contributed by atoms with Crippen LogP contribution >= 0.6 is 0 Å². The van der Waals surface area contributed by atoms with Crippen LogP contribution in [0, 0.1) is 35.0 Å². The molecule has 1 nitrogen and oxygen atoms in total. The highest BCUT2D eigenvalue weighted by atomic mass is 16.3. The van der Waals surface area contributed by atoms with Crippen LogP contribution in [-0.4, -0.2) is 10.7 Å². The Kier molecular flexibility index (Phi) is 2.11. The van der Waals surface area contributed by atoms with E-state index in [2.05, 4.69) is 13.8 Å². The van der Waals surface area contributed by atoms with E-state index in [1.807, 2.05) is 13.8 Å². The Morgan fingerprint density at radius 1 is 1.06 bits per heavy atom. The second-order valence-corrected chi connectivity index (χ2v) is 7.42. The van der Waals surface area contributed by atoms with E-state index in [9.17, 15) is 5.11 Å². The first-order valence-electron chi connectivity index (χ1n) is 7.11. The van der Waals surface area contributed by atoms with Crippen molar-refractivity contribution in [2.45, 2.75) is 59.0 Å². The van der Waals surface area contributed by atoms with E-state index in [-0.39, 0.29) is 0 Å². The van der Waals surface area contributed by atoms with E-state index < -0.39 is 5.60 Å². The lowest BCUT2D eigenvalue weighted by molar-refractivity contribution is -0.0266. The molecule has 3 aliphatic carbocycles. The monoisotopic (exact) mass is 222 g/mol. The molecule has 1 N–H and O–H groups in total. The van der Waals surface area contributed by atoms with Crippen LogP contribution < -0.4 is 0 Å². The SMILES string of the molecule is CC1CCC23C1C2C(C(C)(C)O)CC[C@H]3C. The molecule has 3 rings (SSSR count). The molecule has 0 heterocycles. The minimum absolute atomic E-state index is 0.456. The molecule has 16 heavy (non-hydrogen) atoms. The van der Waals surface area contributed by atoms with Crippen molar-refractivity contribution < 1.29 is 5.11 Å². The van der Waals surface area contributed by atoms with Crippen molar-refractivity contribution in [2.24, 2.45) is 35.0 Å². The lowest BCUT2D eigenvalue weighted by atomic mass is 9.68. The summed E-state index contributed by atoms with van der Waals surface area (Å²) in [5.41, 5.74) is 0.199. The highest BCUT2D eigenvalue weighted by Gasteiger charge is 2.74. The average molecular weight is 222 g/mol. The smallest absolute Gasteiger partial charge is 0.0622 e. The third-order valence-corrected chi connectivity index (χ3v) is 6.33. The van der Waals surface area contributed by atoms with Gasteiger partial charge in [-0.2, -0.15) is 0 Å². The molecule has 1 spiro atoms. The Labute approximate surface area is 99.6 Å². The first-order chi connectivity index (χ1) is 7.39. The molecule has 5 unspecified atom stereocenters. The molecule has 0 aromatic heterocycles. The van der Waals surface area contributed by atoms with E-state index in [1.54, 1.807) is 0 Å². The third-order valence-electron chi connectivity index (χ3n) is 6.33. The van der Waals surface area contributed by atoms with Crippen LogP contribution in [0.15, 0.2) is 0 Å². The molecule has 0 amide bonds. The average Bonchev–Trinajstić information content (AvgIpc) is 2.73. The normalized spacial score (nSPS) is 55.7. The van der Waals surface area contributed by atoms with Crippen LogP contribution in [0.5, 0.6) is 0 Å². The van der Waals surface area contributed by atoms with Gasteiger partial charge in [0, 0.05) is 0 Å². The van der Waals surface area contributed by atoms with Gasteiger partial charge in [0.05, 0.1) is 5.60 Å². The maximum atomic E-state index is 10.4. The summed E-state index contributed by atoms with van der Waals surface area (Å²) in [5.74, 6) is 4.18. The molecule has 92 valence electrons. The number of aliphatic hydroxyl groups is 1. The molecule has 3 fully saturated rings. The molecular weight excluding hydrogens is 196 g/mol. The topological polar surface area (TPSA) is 20.2 Å². The quantitative estimate of drug-likeness (QED) is 0.720. The molecule has 0 radical (unpaired) electrons. The van der Waals surface area contributed by atoms with Crippen LogP contribution in [0.1, 0.15) is 53.4 Å². The van der Waals surface area contributed by atoms with Gasteiger partial charge in [0.15, 0.2) is 0 Å². The lowest BCUT2D eigenvalue weighted by Crippen LogP contribution is -2.38. The van der Waals surface area contributed by atoms with Gasteiger partial charge in [-0.05, 0) is 74.5 Å². The molecule has 6 atom stereocenters. The van der Waals surface area contributed by atoms with Crippen LogP contribution in [0.25, 0.3) is 0 Å². The van der Waals surface area contributed by atoms with E-state index in [4.69, 9.17) is 0 Å². The zero-order valence-electron chi connectivity index (χ0n) is 11.2. The Bertz CT molecular complexity index is 303. The summed E-state index contributed by atoms with van der Waals surface area (Å²) in [7, 11) is 0. The summed E-state index contributed by atoms with van der Waals surface area (Å²) in [6.07, 6.45) is 5.47.